The second kappa shape index (κ2) is 23.1. The summed E-state index contributed by atoms with van der Waals surface area (Å²) in [5.74, 6) is 0. The molecule has 0 fully saturated rings. The number of rotatable bonds is 10. The summed E-state index contributed by atoms with van der Waals surface area (Å²) in [7, 11) is 0. The zero-order valence-electron chi connectivity index (χ0n) is 13.9. The van der Waals surface area contributed by atoms with Gasteiger partial charge in [-0.2, -0.15) is 0 Å². The molecule has 0 saturated heterocycles. The van der Waals surface area contributed by atoms with Crippen molar-refractivity contribution in [3.05, 3.63) is 25.3 Å². The maximum Gasteiger partial charge on any atom is 0.404 e. The van der Waals surface area contributed by atoms with E-state index in [-0.39, 0.29) is 13.2 Å². The van der Waals surface area contributed by atoms with Crippen LogP contribution in [0.1, 0.15) is 0 Å². The largest absolute Gasteiger partial charge is 0.465 e. The number of nitrogens with one attached hydrogen (secondary N) is 2. The lowest BCUT2D eigenvalue weighted by Crippen LogP contribution is -2.34. The Bertz CT molecular complexity index is 292. The van der Waals surface area contributed by atoms with Gasteiger partial charge in [0.1, 0.15) is 0 Å². The van der Waals surface area contributed by atoms with Crippen LogP contribution < -0.4 is 16.4 Å². The van der Waals surface area contributed by atoms with E-state index in [4.69, 9.17) is 26.2 Å². The maximum absolute atomic E-state index is 9.60. The van der Waals surface area contributed by atoms with Gasteiger partial charge in [-0.25, -0.2) is 9.59 Å². The molecule has 24 heavy (non-hydrogen) atoms. The van der Waals surface area contributed by atoms with Crippen molar-refractivity contribution in [3.8, 4) is 0 Å². The molecule has 0 saturated carbocycles. The zero-order chi connectivity index (χ0) is 19.2. The first kappa shape index (κ1) is 26.7. The molecular weight excluding hydrogens is 320 g/mol. The number of hydrogen-bond donors (Lipinski definition) is 7. The monoisotopic (exact) mass is 350 g/mol. The van der Waals surface area contributed by atoms with Gasteiger partial charge in [-0.1, -0.05) is 12.2 Å². The molecule has 0 aromatic heterocycles. The molecule has 0 aromatic rings. The summed E-state index contributed by atoms with van der Waals surface area (Å²) in [6.07, 6.45) is 0.933. The average Bonchev–Trinajstić information content (AvgIpc) is 2.53. The van der Waals surface area contributed by atoms with Crippen LogP contribution in [0.4, 0.5) is 9.59 Å². The highest BCUT2D eigenvalue weighted by atomic mass is 16.4. The molecule has 0 aliphatic carbocycles. The minimum Gasteiger partial charge on any atom is -0.465 e. The van der Waals surface area contributed by atoms with Crippen molar-refractivity contribution < 1.29 is 30.0 Å². The third kappa shape index (κ3) is 32.0. The minimum absolute atomic E-state index is 0.125. The van der Waals surface area contributed by atoms with Crippen LogP contribution in [-0.2, 0) is 0 Å². The molecule has 0 aliphatic heterocycles. The molecule has 8 N–H and O–H groups in total. The Kier molecular flexibility index (Phi) is 25.8. The molecule has 0 bridgehead atoms. The lowest BCUT2D eigenvalue weighted by Gasteiger charge is -2.18. The molecule has 0 aromatic carbocycles. The second-order valence-corrected chi connectivity index (χ2v) is 4.03. The number of hydrogen-bond acceptors (Lipinski definition) is 6. The van der Waals surface area contributed by atoms with Gasteiger partial charge in [0.2, 0.25) is 0 Å². The maximum atomic E-state index is 9.60. The van der Waals surface area contributed by atoms with Gasteiger partial charge in [-0.3, -0.25) is 4.90 Å². The van der Waals surface area contributed by atoms with E-state index in [1.54, 1.807) is 0 Å². The van der Waals surface area contributed by atoms with Gasteiger partial charge in [0.05, 0.1) is 13.2 Å². The fraction of sp³-hybridized carbons (Fsp3) is 0.571. The predicted octanol–water partition coefficient (Wildman–Crippen LogP) is -0.888. The van der Waals surface area contributed by atoms with Gasteiger partial charge in [0.25, 0.3) is 0 Å². The highest BCUT2D eigenvalue weighted by Crippen LogP contribution is 1.83. The first-order chi connectivity index (χ1) is 11.4. The Labute approximate surface area is 142 Å². The summed E-state index contributed by atoms with van der Waals surface area (Å²) in [5, 5.41) is 37.0. The summed E-state index contributed by atoms with van der Waals surface area (Å²) in [6.45, 7) is 9.99. The molecule has 0 spiro atoms. The van der Waals surface area contributed by atoms with E-state index in [0.29, 0.717) is 32.7 Å². The molecular formula is C14H30N4O6. The van der Waals surface area contributed by atoms with Crippen molar-refractivity contribution >= 4 is 12.2 Å². The molecule has 0 aliphatic rings. The average molecular weight is 350 g/mol. The standard InChI is InChI=1S/C6H16N2O2.2C4H7NO2/c7-1-2-8(3-5-9)4-6-10;2*1-2-3-5-4(6)7/h9-10H,1-7H2;2*2,5H,1,3H2,(H,6,7). The fourth-order valence-corrected chi connectivity index (χ4v) is 1.12. The Hall–Kier alpha value is -2.14. The van der Waals surface area contributed by atoms with E-state index in [2.05, 4.69) is 23.8 Å². The molecule has 10 heteroatoms. The summed E-state index contributed by atoms with van der Waals surface area (Å²) in [4.78, 5) is 21.1. The van der Waals surface area contributed by atoms with Gasteiger partial charge >= 0.3 is 12.2 Å². The van der Waals surface area contributed by atoms with Crippen molar-refractivity contribution in [2.45, 2.75) is 0 Å². The SMILES string of the molecule is C=CCNC(=O)O.C=CCNC(=O)O.NCCN(CCO)CCO. The first-order valence-corrected chi connectivity index (χ1v) is 7.18. The predicted molar refractivity (Wildman–Crippen MR) is 92.1 cm³/mol. The number of nitrogens with two attached hydrogens (primary N) is 1. The van der Waals surface area contributed by atoms with Gasteiger partial charge in [-0.05, 0) is 0 Å². The van der Waals surface area contributed by atoms with Crippen molar-refractivity contribution in [2.24, 2.45) is 5.73 Å². The van der Waals surface area contributed by atoms with E-state index in [1.165, 1.54) is 12.2 Å². The van der Waals surface area contributed by atoms with E-state index in [1.807, 2.05) is 4.90 Å². The van der Waals surface area contributed by atoms with Crippen molar-refractivity contribution in [3.63, 3.8) is 0 Å². The van der Waals surface area contributed by atoms with Crippen LogP contribution in [-0.4, -0.2) is 90.0 Å². The molecule has 0 atom stereocenters. The van der Waals surface area contributed by atoms with Crippen LogP contribution >= 0.6 is 0 Å². The Morgan fingerprint density at radius 2 is 1.29 bits per heavy atom. The summed E-state index contributed by atoms with van der Waals surface area (Å²) in [5.41, 5.74) is 5.29. The molecule has 10 nitrogen and oxygen atoms in total. The lowest BCUT2D eigenvalue weighted by molar-refractivity contribution is 0.164. The number of carboxylic acid groups (broad SMARTS) is 2. The van der Waals surface area contributed by atoms with Gasteiger partial charge in [0.15, 0.2) is 0 Å². The van der Waals surface area contributed by atoms with Crippen molar-refractivity contribution in [1.29, 1.82) is 0 Å². The van der Waals surface area contributed by atoms with Gasteiger partial charge < -0.3 is 36.8 Å². The van der Waals surface area contributed by atoms with Crippen LogP contribution in [0, 0.1) is 0 Å². The smallest absolute Gasteiger partial charge is 0.404 e. The zero-order valence-corrected chi connectivity index (χ0v) is 13.9. The summed E-state index contributed by atoms with van der Waals surface area (Å²) >= 11 is 0. The Morgan fingerprint density at radius 1 is 0.917 bits per heavy atom. The van der Waals surface area contributed by atoms with E-state index in [9.17, 15) is 9.59 Å². The van der Waals surface area contributed by atoms with Crippen LogP contribution in [0.15, 0.2) is 25.3 Å². The third-order valence-electron chi connectivity index (χ3n) is 2.07. The molecule has 0 rings (SSSR count). The number of amides is 2. The number of aliphatic hydroxyl groups excluding tert-OH is 2. The fourth-order valence-electron chi connectivity index (χ4n) is 1.12. The Morgan fingerprint density at radius 3 is 1.46 bits per heavy atom. The topological polar surface area (TPSA) is 168 Å². The quantitative estimate of drug-likeness (QED) is 0.249. The highest BCUT2D eigenvalue weighted by Gasteiger charge is 1.99. The van der Waals surface area contributed by atoms with E-state index >= 15 is 0 Å². The summed E-state index contributed by atoms with van der Waals surface area (Å²) in [6, 6.07) is 0. The summed E-state index contributed by atoms with van der Waals surface area (Å²) < 4.78 is 0. The minimum atomic E-state index is -1.01. The number of aliphatic hydroxyl groups is 2. The van der Waals surface area contributed by atoms with Crippen LogP contribution in [0.3, 0.4) is 0 Å². The van der Waals surface area contributed by atoms with Crippen LogP contribution in [0.25, 0.3) is 0 Å². The van der Waals surface area contributed by atoms with Gasteiger partial charge in [-0.15, -0.1) is 13.2 Å². The van der Waals surface area contributed by atoms with Crippen LogP contribution in [0.2, 0.25) is 0 Å². The lowest BCUT2D eigenvalue weighted by atomic mass is 10.4. The normalized spacial score (nSPS) is 8.83. The van der Waals surface area contributed by atoms with Crippen LogP contribution in [0.5, 0.6) is 0 Å². The third-order valence-corrected chi connectivity index (χ3v) is 2.07. The van der Waals surface area contributed by atoms with E-state index in [0.717, 1.165) is 6.54 Å². The first-order valence-electron chi connectivity index (χ1n) is 7.18. The van der Waals surface area contributed by atoms with Crippen molar-refractivity contribution in [2.75, 3.05) is 52.5 Å². The second-order valence-electron chi connectivity index (χ2n) is 4.03. The molecule has 0 unspecified atom stereocenters. The molecule has 142 valence electrons. The van der Waals surface area contributed by atoms with E-state index < -0.39 is 12.2 Å². The highest BCUT2D eigenvalue weighted by molar-refractivity contribution is 5.64. The molecule has 0 heterocycles. The number of carbonyl (C=O) groups is 2. The molecule has 2 amide bonds. The number of nitrogens with zero attached hydrogens (tertiary/aromatic N) is 1. The Balaban J connectivity index is -0.000000283. The van der Waals surface area contributed by atoms with Gasteiger partial charge in [0, 0.05) is 39.3 Å². The molecule has 0 radical (unpaired) electrons. The van der Waals surface area contributed by atoms with Crippen molar-refractivity contribution in [1.82, 2.24) is 15.5 Å².